The number of nitrogens with one attached hydrogen (secondary N) is 1. The average molecular weight is 701 g/mol. The second kappa shape index (κ2) is 14.3. The maximum Gasteiger partial charge on any atom is 0.476 e. The quantitative estimate of drug-likeness (QED) is 0.185. The topological polar surface area (TPSA) is 105 Å². The number of ether oxygens (including phenoxy) is 3. The Hall–Kier alpha value is -3.63. The zero-order valence-corrected chi connectivity index (χ0v) is 31.5. The van der Waals surface area contributed by atoms with E-state index in [1.165, 1.54) is 12.1 Å². The van der Waals surface area contributed by atoms with Gasteiger partial charge in [-0.3, -0.25) is 18.4 Å². The van der Waals surface area contributed by atoms with Crippen LogP contribution >= 0.6 is 7.82 Å². The molecule has 10 nitrogen and oxygen atoms in total. The van der Waals surface area contributed by atoms with Crippen molar-refractivity contribution in [3.8, 4) is 28.4 Å². The van der Waals surface area contributed by atoms with E-state index in [-0.39, 0.29) is 19.1 Å². The van der Waals surface area contributed by atoms with Gasteiger partial charge in [-0.1, -0.05) is 12.1 Å². The van der Waals surface area contributed by atoms with Gasteiger partial charge in [0.2, 0.25) is 0 Å². The van der Waals surface area contributed by atoms with Crippen LogP contribution in [0, 0.1) is 12.7 Å². The molecule has 1 amide bonds. The molecule has 1 heterocycles. The second-order valence-electron chi connectivity index (χ2n) is 14.7. The van der Waals surface area contributed by atoms with Crippen LogP contribution in [0.15, 0.2) is 48.5 Å². The highest BCUT2D eigenvalue weighted by atomic mass is 31.2. The maximum absolute atomic E-state index is 14.1. The summed E-state index contributed by atoms with van der Waals surface area (Å²) >= 11 is 0. The Morgan fingerprint density at radius 2 is 1.55 bits per heavy atom. The van der Waals surface area contributed by atoms with Gasteiger partial charge < -0.3 is 24.4 Å². The number of hydrogen-bond acceptors (Lipinski definition) is 9. The molecule has 1 atom stereocenters. The Kier molecular flexibility index (Phi) is 11.1. The summed E-state index contributed by atoms with van der Waals surface area (Å²) in [6.07, 6.45) is -0.651. The van der Waals surface area contributed by atoms with E-state index in [9.17, 15) is 13.8 Å². The Labute approximate surface area is 289 Å². The number of halogens is 1. The summed E-state index contributed by atoms with van der Waals surface area (Å²) in [5.74, 6) is 0.873. The minimum Gasteiger partial charge on any atom is -0.496 e. The van der Waals surface area contributed by atoms with E-state index in [0.717, 1.165) is 22.4 Å². The molecule has 0 saturated heterocycles. The zero-order valence-electron chi connectivity index (χ0n) is 30.6. The van der Waals surface area contributed by atoms with E-state index < -0.39 is 36.5 Å². The largest absolute Gasteiger partial charge is 0.496 e. The van der Waals surface area contributed by atoms with Crippen LogP contribution in [0.2, 0.25) is 0 Å². The van der Waals surface area contributed by atoms with Crippen molar-refractivity contribution in [2.24, 2.45) is 0 Å². The molecule has 0 aliphatic carbocycles. The van der Waals surface area contributed by atoms with E-state index in [2.05, 4.69) is 5.32 Å². The number of carbonyl (C=O) groups excluding carboxylic acids is 1. The molecule has 4 rings (SSSR count). The Balaban J connectivity index is 1.65. The van der Waals surface area contributed by atoms with Gasteiger partial charge >= 0.3 is 7.82 Å². The lowest BCUT2D eigenvalue weighted by Crippen LogP contribution is -2.52. The Morgan fingerprint density at radius 1 is 0.918 bits per heavy atom. The van der Waals surface area contributed by atoms with Gasteiger partial charge in [0.15, 0.2) is 0 Å². The molecule has 0 spiro atoms. The van der Waals surface area contributed by atoms with Gasteiger partial charge in [-0.25, -0.2) is 8.96 Å². The first-order chi connectivity index (χ1) is 22.6. The van der Waals surface area contributed by atoms with Crippen LogP contribution in [0.1, 0.15) is 73.4 Å². The summed E-state index contributed by atoms with van der Waals surface area (Å²) in [6.45, 7) is 18.0. The molecule has 1 aliphatic heterocycles. The number of amides is 1. The van der Waals surface area contributed by atoms with Gasteiger partial charge in [-0.05, 0) is 105 Å². The predicted molar refractivity (Wildman–Crippen MR) is 190 cm³/mol. The zero-order chi connectivity index (χ0) is 36.5. The molecule has 0 aromatic heterocycles. The van der Waals surface area contributed by atoms with Crippen LogP contribution in [0.3, 0.4) is 0 Å². The number of hydrogen-bond donors (Lipinski definition) is 1. The van der Waals surface area contributed by atoms with Crippen molar-refractivity contribution in [1.82, 2.24) is 0 Å². The van der Waals surface area contributed by atoms with Crippen LogP contribution < -0.4 is 24.4 Å². The smallest absolute Gasteiger partial charge is 0.476 e. The highest BCUT2D eigenvalue weighted by Gasteiger charge is 2.40. The van der Waals surface area contributed by atoms with E-state index in [1.54, 1.807) is 85.7 Å². The summed E-state index contributed by atoms with van der Waals surface area (Å²) in [6, 6.07) is 13.7. The number of aryl methyl sites for hydroxylation is 1. The lowest BCUT2D eigenvalue weighted by molar-refractivity contribution is -0.121. The van der Waals surface area contributed by atoms with Crippen LogP contribution in [0.25, 0.3) is 11.1 Å². The summed E-state index contributed by atoms with van der Waals surface area (Å²) in [4.78, 5) is 15.0. The molecule has 49 heavy (non-hydrogen) atoms. The number of methoxy groups -OCH3 is 1. The summed E-state index contributed by atoms with van der Waals surface area (Å²) in [5.41, 5.74) is 2.04. The first kappa shape index (κ1) is 38.2. The molecule has 0 fully saturated rings. The lowest BCUT2D eigenvalue weighted by atomic mass is 9.91. The summed E-state index contributed by atoms with van der Waals surface area (Å²) in [7, 11) is -0.648. The second-order valence-corrected chi connectivity index (χ2v) is 16.2. The van der Waals surface area contributed by atoms with Crippen LogP contribution in [-0.2, 0) is 29.5 Å². The van der Waals surface area contributed by atoms with Crippen LogP contribution in [0.5, 0.6) is 17.2 Å². The van der Waals surface area contributed by atoms with Gasteiger partial charge in [0.05, 0.1) is 29.7 Å². The van der Waals surface area contributed by atoms with Crippen molar-refractivity contribution in [2.45, 2.75) is 98.7 Å². The number of carbonyl (C=O) groups is 1. The maximum atomic E-state index is 14.1. The van der Waals surface area contributed by atoms with Crippen molar-refractivity contribution >= 4 is 25.1 Å². The van der Waals surface area contributed by atoms with Gasteiger partial charge in [-0.15, -0.1) is 0 Å². The van der Waals surface area contributed by atoms with Gasteiger partial charge in [0, 0.05) is 30.3 Å². The number of phosphoric ester groups is 1. The van der Waals surface area contributed by atoms with Crippen molar-refractivity contribution in [3.05, 3.63) is 65.5 Å². The summed E-state index contributed by atoms with van der Waals surface area (Å²) in [5, 5.41) is 3.35. The standard InChI is InChI=1S/C37H50FN2O8P/c1-23-13-14-25(38)19-31(23)45-22-29-27(17-18-30-33(29)40(11)34(41)37(9,10)39-30)28-16-15-26(20-32(28)43-12)44-21-24(2)46-49(42,47-35(3,4)5)48-36(6,7)8/h13-20,24,39H,21-22H2,1-12H3. The number of phosphoric acid groups is 1. The van der Waals surface area contributed by atoms with Crippen molar-refractivity contribution in [3.63, 3.8) is 0 Å². The van der Waals surface area contributed by atoms with Crippen molar-refractivity contribution in [1.29, 1.82) is 0 Å². The van der Waals surface area contributed by atoms with E-state index >= 15 is 0 Å². The molecule has 12 heteroatoms. The first-order valence-corrected chi connectivity index (χ1v) is 17.7. The number of nitrogens with zero attached hydrogens (tertiary/aromatic N) is 1. The van der Waals surface area contributed by atoms with Crippen molar-refractivity contribution < 1.29 is 41.5 Å². The summed E-state index contributed by atoms with van der Waals surface area (Å²) < 4.78 is 63.1. The number of rotatable bonds is 12. The minimum atomic E-state index is -3.94. The van der Waals surface area contributed by atoms with E-state index in [0.29, 0.717) is 28.5 Å². The normalized spacial score (nSPS) is 15.4. The van der Waals surface area contributed by atoms with Gasteiger partial charge in [-0.2, -0.15) is 0 Å². The molecule has 1 unspecified atom stereocenters. The minimum absolute atomic E-state index is 0.0477. The lowest BCUT2D eigenvalue weighted by Gasteiger charge is -2.39. The number of fused-ring (bicyclic) bond motifs is 1. The van der Waals surface area contributed by atoms with Gasteiger partial charge in [0.25, 0.3) is 5.91 Å². The highest BCUT2D eigenvalue weighted by molar-refractivity contribution is 7.48. The van der Waals surface area contributed by atoms with Crippen LogP contribution in [0.4, 0.5) is 15.8 Å². The molecule has 0 radical (unpaired) electrons. The molecule has 3 aromatic carbocycles. The SMILES string of the molecule is COc1cc(OCC(C)OP(=O)(OC(C)(C)C)OC(C)(C)C)ccc1-c1ccc2c(c1COc1cc(F)ccc1C)N(C)C(=O)C(C)(C)N2. The van der Waals surface area contributed by atoms with Crippen LogP contribution in [-0.4, -0.2) is 49.5 Å². The number of likely N-dealkylation sites (N-methyl/N-ethyl adjacent to an activating group) is 1. The fourth-order valence-corrected chi connectivity index (χ4v) is 7.46. The molecule has 1 N–H and O–H groups in total. The number of anilines is 2. The van der Waals surface area contributed by atoms with E-state index in [4.69, 9.17) is 27.8 Å². The Bertz CT molecular complexity index is 1710. The van der Waals surface area contributed by atoms with E-state index in [1.807, 2.05) is 39.0 Å². The fourth-order valence-electron chi connectivity index (χ4n) is 5.49. The average Bonchev–Trinajstić information content (AvgIpc) is 2.96. The molecule has 0 saturated carbocycles. The monoisotopic (exact) mass is 700 g/mol. The molecule has 268 valence electrons. The molecule has 1 aliphatic rings. The number of benzene rings is 3. The molecular weight excluding hydrogens is 650 g/mol. The predicted octanol–water partition coefficient (Wildman–Crippen LogP) is 9.08. The third-order valence-electron chi connectivity index (χ3n) is 7.46. The first-order valence-electron chi connectivity index (χ1n) is 16.2. The molecule has 3 aromatic rings. The third kappa shape index (κ3) is 9.54. The molecular formula is C37H50FN2O8P. The third-order valence-corrected chi connectivity index (χ3v) is 9.62. The Morgan fingerprint density at radius 3 is 2.16 bits per heavy atom. The fraction of sp³-hybridized carbons (Fsp3) is 0.486. The highest BCUT2D eigenvalue weighted by Crippen LogP contribution is 2.56. The molecule has 0 bridgehead atoms. The van der Waals surface area contributed by atoms with Gasteiger partial charge in [0.1, 0.15) is 47.9 Å². The van der Waals surface area contributed by atoms with Crippen molar-refractivity contribution in [2.75, 3.05) is 31.0 Å².